The van der Waals surface area contributed by atoms with Crippen LogP contribution in [0.1, 0.15) is 52.4 Å². The largest absolute Gasteiger partial charge is 0.0882 e. The molecule has 0 nitrogen and oxygen atoms in total. The summed E-state index contributed by atoms with van der Waals surface area (Å²) < 4.78 is 0. The van der Waals surface area contributed by atoms with E-state index < -0.39 is 0 Å². The zero-order valence-electron chi connectivity index (χ0n) is 9.71. The predicted molar refractivity (Wildman–Crippen MR) is 62.2 cm³/mol. The van der Waals surface area contributed by atoms with Crippen molar-refractivity contribution in [2.24, 2.45) is 23.7 Å². The Morgan fingerprint density at radius 1 is 1.29 bits per heavy atom. The van der Waals surface area contributed by atoms with Gasteiger partial charge in [0.05, 0.1) is 0 Å². The van der Waals surface area contributed by atoms with Crippen LogP contribution in [0.4, 0.5) is 0 Å². The lowest BCUT2D eigenvalue weighted by Gasteiger charge is -2.24. The summed E-state index contributed by atoms with van der Waals surface area (Å²) in [6.07, 6.45) is 13.5. The summed E-state index contributed by atoms with van der Waals surface area (Å²) in [7, 11) is 0. The van der Waals surface area contributed by atoms with Gasteiger partial charge in [-0.25, -0.2) is 0 Å². The van der Waals surface area contributed by atoms with Gasteiger partial charge in [0.25, 0.3) is 0 Å². The average Bonchev–Trinajstić information content (AvgIpc) is 2.86. The van der Waals surface area contributed by atoms with E-state index in [0.29, 0.717) is 0 Å². The molecule has 3 atom stereocenters. The SMILES string of the molecule is CCC(C(C)CC1C=CCC1)C1CC1. The van der Waals surface area contributed by atoms with Crippen molar-refractivity contribution in [2.75, 3.05) is 0 Å². The van der Waals surface area contributed by atoms with Crippen LogP contribution < -0.4 is 0 Å². The van der Waals surface area contributed by atoms with Crippen LogP contribution in [0.2, 0.25) is 0 Å². The topological polar surface area (TPSA) is 0 Å². The number of allylic oxidation sites excluding steroid dienone is 2. The Kier molecular flexibility index (Phi) is 3.30. The molecule has 1 fully saturated rings. The van der Waals surface area contributed by atoms with Gasteiger partial charge in [0.15, 0.2) is 0 Å². The highest BCUT2D eigenvalue weighted by Gasteiger charge is 2.33. The first-order chi connectivity index (χ1) is 6.81. The van der Waals surface area contributed by atoms with Crippen molar-refractivity contribution in [3.8, 4) is 0 Å². The summed E-state index contributed by atoms with van der Waals surface area (Å²) in [6, 6.07) is 0. The molecule has 0 spiro atoms. The van der Waals surface area contributed by atoms with Crippen LogP contribution in [-0.4, -0.2) is 0 Å². The van der Waals surface area contributed by atoms with Crippen molar-refractivity contribution < 1.29 is 0 Å². The maximum absolute atomic E-state index is 2.48. The van der Waals surface area contributed by atoms with E-state index in [1.54, 1.807) is 0 Å². The van der Waals surface area contributed by atoms with E-state index in [0.717, 1.165) is 23.7 Å². The Morgan fingerprint density at radius 2 is 2.07 bits per heavy atom. The minimum Gasteiger partial charge on any atom is -0.0882 e. The molecule has 0 aromatic rings. The first kappa shape index (κ1) is 10.3. The third-order valence-corrected chi connectivity index (χ3v) is 4.22. The van der Waals surface area contributed by atoms with Crippen molar-refractivity contribution in [1.29, 1.82) is 0 Å². The van der Waals surface area contributed by atoms with Crippen LogP contribution in [0.25, 0.3) is 0 Å². The van der Waals surface area contributed by atoms with Gasteiger partial charge >= 0.3 is 0 Å². The zero-order valence-corrected chi connectivity index (χ0v) is 9.71. The number of rotatable bonds is 5. The van der Waals surface area contributed by atoms with Crippen molar-refractivity contribution in [1.82, 2.24) is 0 Å². The smallest absolute Gasteiger partial charge is 0.0228 e. The van der Waals surface area contributed by atoms with Crippen molar-refractivity contribution in [3.05, 3.63) is 12.2 Å². The van der Waals surface area contributed by atoms with Gasteiger partial charge in [-0.05, 0) is 55.8 Å². The van der Waals surface area contributed by atoms with Crippen LogP contribution in [-0.2, 0) is 0 Å². The van der Waals surface area contributed by atoms with E-state index >= 15 is 0 Å². The van der Waals surface area contributed by atoms with E-state index in [-0.39, 0.29) is 0 Å². The van der Waals surface area contributed by atoms with Gasteiger partial charge in [0, 0.05) is 0 Å². The molecule has 0 aromatic heterocycles. The van der Waals surface area contributed by atoms with Crippen LogP contribution in [0, 0.1) is 23.7 Å². The van der Waals surface area contributed by atoms with Crippen LogP contribution >= 0.6 is 0 Å². The molecule has 0 aromatic carbocycles. The molecule has 2 aliphatic rings. The van der Waals surface area contributed by atoms with Crippen LogP contribution in [0.15, 0.2) is 12.2 Å². The van der Waals surface area contributed by atoms with Crippen molar-refractivity contribution in [3.63, 3.8) is 0 Å². The third kappa shape index (κ3) is 2.40. The predicted octanol–water partition coefficient (Wildman–Crippen LogP) is 4.42. The lowest BCUT2D eigenvalue weighted by molar-refractivity contribution is 0.267. The monoisotopic (exact) mass is 192 g/mol. The second-order valence-electron chi connectivity index (χ2n) is 5.39. The van der Waals surface area contributed by atoms with Gasteiger partial charge in [-0.15, -0.1) is 0 Å². The summed E-state index contributed by atoms with van der Waals surface area (Å²) in [6.45, 7) is 4.86. The molecule has 0 heterocycles. The van der Waals surface area contributed by atoms with E-state index in [9.17, 15) is 0 Å². The molecular formula is C14H24. The summed E-state index contributed by atoms with van der Waals surface area (Å²) in [4.78, 5) is 0. The van der Waals surface area contributed by atoms with Crippen LogP contribution in [0.5, 0.6) is 0 Å². The Balaban J connectivity index is 1.80. The van der Waals surface area contributed by atoms with Gasteiger partial charge in [0.1, 0.15) is 0 Å². The van der Waals surface area contributed by atoms with Gasteiger partial charge in [0.2, 0.25) is 0 Å². The zero-order chi connectivity index (χ0) is 9.97. The molecule has 3 unspecified atom stereocenters. The van der Waals surface area contributed by atoms with Crippen LogP contribution in [0.3, 0.4) is 0 Å². The van der Waals surface area contributed by atoms with Gasteiger partial charge < -0.3 is 0 Å². The Morgan fingerprint density at radius 3 is 2.57 bits per heavy atom. The molecule has 2 rings (SSSR count). The molecule has 0 radical (unpaired) electrons. The standard InChI is InChI=1S/C14H24/c1-3-14(13-8-9-13)11(2)10-12-6-4-5-7-12/h4,6,11-14H,3,5,7-10H2,1-2H3. The van der Waals surface area contributed by atoms with Gasteiger partial charge in [-0.3, -0.25) is 0 Å². The molecule has 0 amide bonds. The molecular weight excluding hydrogens is 168 g/mol. The Labute approximate surface area is 88.8 Å². The Hall–Kier alpha value is -0.260. The van der Waals surface area contributed by atoms with E-state index in [1.807, 2.05) is 0 Å². The molecule has 0 N–H and O–H groups in total. The third-order valence-electron chi connectivity index (χ3n) is 4.22. The lowest BCUT2D eigenvalue weighted by Crippen LogP contribution is -2.15. The van der Waals surface area contributed by atoms with Crippen molar-refractivity contribution in [2.45, 2.75) is 52.4 Å². The summed E-state index contributed by atoms with van der Waals surface area (Å²) in [5, 5.41) is 0. The maximum atomic E-state index is 2.48. The summed E-state index contributed by atoms with van der Waals surface area (Å²) >= 11 is 0. The van der Waals surface area contributed by atoms with E-state index in [2.05, 4.69) is 26.0 Å². The van der Waals surface area contributed by atoms with E-state index in [4.69, 9.17) is 0 Å². The summed E-state index contributed by atoms with van der Waals surface area (Å²) in [5.74, 6) is 4.00. The highest BCUT2D eigenvalue weighted by Crippen LogP contribution is 2.44. The van der Waals surface area contributed by atoms with E-state index in [1.165, 1.54) is 38.5 Å². The minimum absolute atomic E-state index is 0.915. The second-order valence-corrected chi connectivity index (χ2v) is 5.39. The highest BCUT2D eigenvalue weighted by molar-refractivity contribution is 4.97. The lowest BCUT2D eigenvalue weighted by atomic mass is 9.81. The molecule has 0 heteroatoms. The number of hydrogen-bond donors (Lipinski definition) is 0. The minimum atomic E-state index is 0.915. The highest BCUT2D eigenvalue weighted by atomic mass is 14.4. The molecule has 0 bridgehead atoms. The fourth-order valence-electron chi connectivity index (χ4n) is 3.27. The molecule has 0 saturated heterocycles. The quantitative estimate of drug-likeness (QED) is 0.566. The molecule has 2 aliphatic carbocycles. The molecule has 14 heavy (non-hydrogen) atoms. The van der Waals surface area contributed by atoms with Gasteiger partial charge in [-0.2, -0.15) is 0 Å². The molecule has 80 valence electrons. The summed E-state index contributed by atoms with van der Waals surface area (Å²) in [5.41, 5.74) is 0. The molecule has 1 saturated carbocycles. The normalized spacial score (nSPS) is 30.6. The first-order valence-corrected chi connectivity index (χ1v) is 6.48. The first-order valence-electron chi connectivity index (χ1n) is 6.48. The fraction of sp³-hybridized carbons (Fsp3) is 0.857. The number of hydrogen-bond acceptors (Lipinski definition) is 0. The Bertz CT molecular complexity index is 200. The van der Waals surface area contributed by atoms with Gasteiger partial charge in [-0.1, -0.05) is 32.4 Å². The molecule has 0 aliphatic heterocycles. The average molecular weight is 192 g/mol. The fourth-order valence-corrected chi connectivity index (χ4v) is 3.27. The maximum Gasteiger partial charge on any atom is -0.0228 e. The van der Waals surface area contributed by atoms with Crippen molar-refractivity contribution >= 4 is 0 Å². The second kappa shape index (κ2) is 4.51.